The number of carbonyl (C=O) groups excluding carboxylic acids is 1. The molecule has 12 heteroatoms. The lowest BCUT2D eigenvalue weighted by Crippen LogP contribution is -2.36. The van der Waals surface area contributed by atoms with Crippen LogP contribution in [0.15, 0.2) is 18.3 Å². The Morgan fingerprint density at radius 2 is 1.78 bits per heavy atom. The molecular formula is C24H28ClF2N7O2. The molecule has 2 heterocycles. The smallest absolute Gasteiger partial charge is 0.225 e. The first kappa shape index (κ1) is 24.6. The summed E-state index contributed by atoms with van der Waals surface area (Å²) in [6.45, 7) is 0. The number of aliphatic hydroxyl groups excluding tert-OH is 1. The van der Waals surface area contributed by atoms with E-state index in [4.69, 9.17) is 17.3 Å². The summed E-state index contributed by atoms with van der Waals surface area (Å²) in [6, 6.07) is 1.76. The molecule has 2 aliphatic carbocycles. The van der Waals surface area contributed by atoms with Crippen LogP contribution in [0.2, 0.25) is 5.02 Å². The number of halogens is 3. The number of carbonyl (C=O) groups is 1. The molecule has 2 saturated carbocycles. The molecule has 2 aliphatic rings. The fourth-order valence-corrected chi connectivity index (χ4v) is 5.42. The van der Waals surface area contributed by atoms with Crippen LogP contribution >= 0.6 is 11.6 Å². The summed E-state index contributed by atoms with van der Waals surface area (Å²) in [5, 5.41) is 16.3. The fraction of sp³-hybridized carbons (Fsp3) is 0.500. The highest BCUT2D eigenvalue weighted by molar-refractivity contribution is 6.30. The quantitative estimate of drug-likeness (QED) is 0.379. The third-order valence-electron chi connectivity index (χ3n) is 7.18. The van der Waals surface area contributed by atoms with Crippen LogP contribution in [-0.2, 0) is 4.79 Å². The maximum atomic E-state index is 14.6. The molecule has 0 bridgehead atoms. The third-order valence-corrected chi connectivity index (χ3v) is 7.40. The van der Waals surface area contributed by atoms with E-state index < -0.39 is 17.7 Å². The predicted octanol–water partition coefficient (Wildman–Crippen LogP) is 4.43. The zero-order valence-electron chi connectivity index (χ0n) is 19.6. The zero-order valence-corrected chi connectivity index (χ0v) is 20.3. The molecule has 2 aromatic heterocycles. The van der Waals surface area contributed by atoms with Crippen LogP contribution in [0, 0.1) is 17.6 Å². The largest absolute Gasteiger partial charge is 0.391 e. The number of aliphatic hydroxyl groups is 1. The van der Waals surface area contributed by atoms with Gasteiger partial charge in [0.05, 0.1) is 18.3 Å². The minimum atomic E-state index is -0.851. The average Bonchev–Trinajstić information content (AvgIpc) is 3.20. The minimum absolute atomic E-state index is 0.0553. The van der Waals surface area contributed by atoms with Crippen LogP contribution in [-0.4, -0.2) is 42.7 Å². The molecule has 0 spiro atoms. The van der Waals surface area contributed by atoms with E-state index in [1.807, 2.05) is 4.57 Å². The summed E-state index contributed by atoms with van der Waals surface area (Å²) in [7, 11) is 0. The molecule has 0 radical (unpaired) electrons. The molecule has 192 valence electrons. The van der Waals surface area contributed by atoms with E-state index in [0.717, 1.165) is 31.4 Å². The summed E-state index contributed by atoms with van der Waals surface area (Å²) in [5.41, 5.74) is 6.06. The Kier molecular flexibility index (Phi) is 6.94. The Labute approximate surface area is 211 Å². The van der Waals surface area contributed by atoms with E-state index in [2.05, 4.69) is 25.6 Å². The van der Waals surface area contributed by atoms with Gasteiger partial charge in [-0.05, 0) is 50.7 Å². The van der Waals surface area contributed by atoms with Gasteiger partial charge in [-0.3, -0.25) is 9.36 Å². The van der Waals surface area contributed by atoms with Crippen molar-refractivity contribution < 1.29 is 18.7 Å². The number of nitrogens with zero attached hydrogens (tertiary/aromatic N) is 4. The standard InChI is InChI=1S/C24H28ClF2N7O2/c25-13-9-15(26)20(16(27)10-13)32-24-31-18-11-29-23(30-17-3-1-2-4-19(17)35)33-22(18)34(24)14-7-5-12(6-8-14)21(28)36/h9-12,14,17,19,35H,1-8H2,(H2,28,36)(H,31,32)(H,29,30,33)/t12-,14+,17-,19-/m1/s1. The van der Waals surface area contributed by atoms with Crippen molar-refractivity contribution in [3.63, 3.8) is 0 Å². The molecule has 3 aromatic rings. The number of rotatable bonds is 6. The molecule has 0 saturated heterocycles. The Morgan fingerprint density at radius 1 is 1.08 bits per heavy atom. The molecule has 36 heavy (non-hydrogen) atoms. The highest BCUT2D eigenvalue weighted by Crippen LogP contribution is 2.38. The number of hydrogen-bond acceptors (Lipinski definition) is 7. The Morgan fingerprint density at radius 3 is 2.44 bits per heavy atom. The first-order valence-electron chi connectivity index (χ1n) is 12.2. The molecule has 0 aliphatic heterocycles. The number of fused-ring (bicyclic) bond motifs is 1. The summed E-state index contributed by atoms with van der Waals surface area (Å²) >= 11 is 5.78. The van der Waals surface area contributed by atoms with Gasteiger partial charge in [0.25, 0.3) is 0 Å². The van der Waals surface area contributed by atoms with Gasteiger partial charge in [-0.25, -0.2) is 18.7 Å². The van der Waals surface area contributed by atoms with E-state index >= 15 is 0 Å². The SMILES string of the molecule is NC(=O)[C@H]1CC[C@@H](n2c(Nc3c(F)cc(Cl)cc3F)nc3cnc(N[C@@H]4CCCC[C@H]4O)nc32)CC1. The van der Waals surface area contributed by atoms with Crippen LogP contribution in [0.4, 0.5) is 26.4 Å². The van der Waals surface area contributed by atoms with Gasteiger partial charge < -0.3 is 21.5 Å². The van der Waals surface area contributed by atoms with Crippen molar-refractivity contribution in [1.82, 2.24) is 19.5 Å². The molecule has 0 unspecified atom stereocenters. The van der Waals surface area contributed by atoms with E-state index in [1.165, 1.54) is 0 Å². The Balaban J connectivity index is 1.53. The molecule has 2 fully saturated rings. The highest BCUT2D eigenvalue weighted by Gasteiger charge is 2.30. The minimum Gasteiger partial charge on any atom is -0.391 e. The van der Waals surface area contributed by atoms with E-state index in [-0.39, 0.29) is 40.6 Å². The van der Waals surface area contributed by atoms with E-state index in [9.17, 15) is 18.7 Å². The molecule has 1 aromatic carbocycles. The van der Waals surface area contributed by atoms with Gasteiger partial charge in [0, 0.05) is 17.0 Å². The van der Waals surface area contributed by atoms with E-state index in [1.54, 1.807) is 6.20 Å². The summed E-state index contributed by atoms with van der Waals surface area (Å²) < 4.78 is 31.0. The van der Waals surface area contributed by atoms with Gasteiger partial charge in [0.1, 0.15) is 11.2 Å². The van der Waals surface area contributed by atoms with Crippen molar-refractivity contribution in [2.45, 2.75) is 69.6 Å². The number of benzene rings is 1. The number of hydrogen-bond donors (Lipinski definition) is 4. The normalized spacial score (nSPS) is 24.6. The second-order valence-electron chi connectivity index (χ2n) is 9.59. The van der Waals surface area contributed by atoms with Crippen LogP contribution in [0.25, 0.3) is 11.2 Å². The first-order valence-corrected chi connectivity index (χ1v) is 12.6. The average molecular weight is 520 g/mol. The second-order valence-corrected chi connectivity index (χ2v) is 10.0. The predicted molar refractivity (Wildman–Crippen MR) is 132 cm³/mol. The molecular weight excluding hydrogens is 492 g/mol. The van der Waals surface area contributed by atoms with E-state index in [0.29, 0.717) is 49.2 Å². The van der Waals surface area contributed by atoms with Gasteiger partial charge in [-0.2, -0.15) is 4.98 Å². The maximum absolute atomic E-state index is 14.6. The van der Waals surface area contributed by atoms with Gasteiger partial charge in [0.2, 0.25) is 17.8 Å². The number of nitrogens with one attached hydrogen (secondary N) is 2. The maximum Gasteiger partial charge on any atom is 0.225 e. The number of nitrogens with two attached hydrogens (primary N) is 1. The van der Waals surface area contributed by atoms with Gasteiger partial charge in [0.15, 0.2) is 17.3 Å². The number of anilines is 3. The van der Waals surface area contributed by atoms with Crippen LogP contribution in [0.5, 0.6) is 0 Å². The number of primary amides is 1. The number of aromatic nitrogens is 4. The van der Waals surface area contributed by atoms with Gasteiger partial charge in [-0.1, -0.05) is 24.4 Å². The number of amides is 1. The summed E-state index contributed by atoms with van der Waals surface area (Å²) in [6.07, 6.45) is 6.98. The summed E-state index contributed by atoms with van der Waals surface area (Å²) in [4.78, 5) is 25.3. The van der Waals surface area contributed by atoms with Crippen molar-refractivity contribution in [2.75, 3.05) is 10.6 Å². The molecule has 9 nitrogen and oxygen atoms in total. The molecule has 1 amide bonds. The Hall–Kier alpha value is -3.05. The van der Waals surface area contributed by atoms with Crippen LogP contribution in [0.1, 0.15) is 57.4 Å². The number of imidazole rings is 1. The molecule has 2 atom stereocenters. The second kappa shape index (κ2) is 10.1. The van der Waals surface area contributed by atoms with Crippen molar-refractivity contribution in [3.05, 3.63) is 35.0 Å². The monoisotopic (exact) mass is 519 g/mol. The van der Waals surface area contributed by atoms with Crippen molar-refractivity contribution in [3.8, 4) is 0 Å². The lowest BCUT2D eigenvalue weighted by molar-refractivity contribution is -0.122. The highest BCUT2D eigenvalue weighted by atomic mass is 35.5. The lowest BCUT2D eigenvalue weighted by atomic mass is 9.85. The molecule has 5 N–H and O–H groups in total. The van der Waals surface area contributed by atoms with Crippen molar-refractivity contribution in [1.29, 1.82) is 0 Å². The van der Waals surface area contributed by atoms with Crippen LogP contribution in [0.3, 0.4) is 0 Å². The topological polar surface area (TPSA) is 131 Å². The first-order chi connectivity index (χ1) is 17.3. The van der Waals surface area contributed by atoms with Crippen LogP contribution < -0.4 is 16.4 Å². The summed E-state index contributed by atoms with van der Waals surface area (Å²) in [5.74, 6) is -1.69. The Bertz CT molecular complexity index is 1260. The van der Waals surface area contributed by atoms with Gasteiger partial charge >= 0.3 is 0 Å². The van der Waals surface area contributed by atoms with Crippen molar-refractivity contribution in [2.24, 2.45) is 11.7 Å². The lowest BCUT2D eigenvalue weighted by Gasteiger charge is -2.29. The fourth-order valence-electron chi connectivity index (χ4n) is 5.23. The molecule has 5 rings (SSSR count). The third kappa shape index (κ3) is 4.94. The van der Waals surface area contributed by atoms with Gasteiger partial charge in [-0.15, -0.1) is 0 Å². The van der Waals surface area contributed by atoms with Crippen molar-refractivity contribution >= 4 is 46.3 Å². The zero-order chi connectivity index (χ0) is 25.4.